The summed E-state index contributed by atoms with van der Waals surface area (Å²) in [5.74, 6) is 4.10. The average Bonchev–Trinajstić information content (AvgIpc) is 2.99. The van der Waals surface area contributed by atoms with Gasteiger partial charge in [0.15, 0.2) is 7.29 Å². The molecule has 2 aliphatic heterocycles. The van der Waals surface area contributed by atoms with E-state index in [2.05, 4.69) is 125 Å². The summed E-state index contributed by atoms with van der Waals surface area (Å²) in [5.41, 5.74) is 4.91. The second-order valence-corrected chi connectivity index (χ2v) is 13.4. The molecule has 2 aliphatic rings. The number of piperazine rings is 1. The highest BCUT2D eigenvalue weighted by Crippen LogP contribution is 2.63. The van der Waals surface area contributed by atoms with E-state index in [4.69, 9.17) is 0 Å². The first-order chi connectivity index (χ1) is 18.7. The second-order valence-electron chi connectivity index (χ2n) is 9.86. The topological polar surface area (TPSA) is 24.8 Å². The van der Waals surface area contributed by atoms with Gasteiger partial charge in [0.2, 0.25) is 0 Å². The number of rotatable bonds is 6. The van der Waals surface area contributed by atoms with Crippen molar-refractivity contribution < 1.29 is 9.46 Å². The molecule has 3 nitrogen and oxygen atoms in total. The number of hydrogen-bond donors (Lipinski definition) is 1. The summed E-state index contributed by atoms with van der Waals surface area (Å²) in [6.07, 6.45) is 0. The van der Waals surface area contributed by atoms with Crippen LogP contribution in [0.4, 0.5) is 0 Å². The molecule has 38 heavy (non-hydrogen) atoms. The highest BCUT2D eigenvalue weighted by atomic mass is 32.2. The molecule has 0 atom stereocenters. The van der Waals surface area contributed by atoms with Crippen molar-refractivity contribution in [3.05, 3.63) is 155 Å². The van der Waals surface area contributed by atoms with Gasteiger partial charge in [-0.25, -0.2) is 4.67 Å². The minimum atomic E-state index is -2.86. The molecule has 1 fully saturated rings. The van der Waals surface area contributed by atoms with Gasteiger partial charge in [-0.3, -0.25) is 4.57 Å². The van der Waals surface area contributed by atoms with Crippen molar-refractivity contribution in [1.82, 2.24) is 4.67 Å². The van der Waals surface area contributed by atoms with Crippen LogP contribution in [-0.2, 0) is 4.57 Å². The third kappa shape index (κ3) is 5.36. The van der Waals surface area contributed by atoms with Gasteiger partial charge in [0.25, 0.3) is 0 Å². The van der Waals surface area contributed by atoms with Crippen molar-refractivity contribution in [3.63, 3.8) is 0 Å². The Kier molecular flexibility index (Phi) is 7.49. The zero-order valence-electron chi connectivity index (χ0n) is 21.3. The van der Waals surface area contributed by atoms with Crippen LogP contribution >= 0.6 is 19.1 Å². The van der Waals surface area contributed by atoms with Crippen molar-refractivity contribution in [2.45, 2.75) is 6.04 Å². The fourth-order valence-electron chi connectivity index (χ4n) is 5.52. The van der Waals surface area contributed by atoms with E-state index in [1.165, 1.54) is 16.0 Å². The Labute approximate surface area is 229 Å². The van der Waals surface area contributed by atoms with E-state index in [1.807, 2.05) is 12.1 Å². The number of thioether (sulfide) groups is 1. The van der Waals surface area contributed by atoms with Crippen LogP contribution in [0.25, 0.3) is 9.81 Å². The van der Waals surface area contributed by atoms with Crippen LogP contribution < -0.4 is 4.90 Å². The summed E-state index contributed by atoms with van der Waals surface area (Å²) in [4.78, 5) is 3.68. The summed E-state index contributed by atoms with van der Waals surface area (Å²) in [5, 5.41) is 0. The molecule has 1 saturated heterocycles. The van der Waals surface area contributed by atoms with Crippen LogP contribution in [0, 0.1) is 0 Å². The maximum Gasteiger partial charge on any atom is 0.195 e. The van der Waals surface area contributed by atoms with Crippen molar-refractivity contribution in [2.24, 2.45) is 0 Å². The maximum atomic E-state index is 14.7. The van der Waals surface area contributed by atoms with Gasteiger partial charge in [-0.1, -0.05) is 133 Å². The van der Waals surface area contributed by atoms with Gasteiger partial charge in [-0.15, -0.1) is 0 Å². The van der Waals surface area contributed by atoms with Crippen LogP contribution in [0.2, 0.25) is 0 Å². The summed E-state index contributed by atoms with van der Waals surface area (Å²) in [7, 11) is -2.86. The number of hydrogen-bond acceptors (Lipinski definition) is 2. The molecule has 0 aliphatic carbocycles. The SMILES string of the molecule is O=P1(N2CC[NH+](C(c3ccccc3)c3ccccc3)CC2)C=C(c2ccccc2)SC(c2ccccc2)=C1. The molecular formula is C33H32N2OPS+. The quantitative estimate of drug-likeness (QED) is 0.269. The van der Waals surface area contributed by atoms with Crippen molar-refractivity contribution in [2.75, 3.05) is 26.2 Å². The first kappa shape index (κ1) is 25.2. The lowest BCUT2D eigenvalue weighted by Crippen LogP contribution is -3.15. The van der Waals surface area contributed by atoms with Crippen LogP contribution in [-0.4, -0.2) is 30.8 Å². The van der Waals surface area contributed by atoms with E-state index in [0.29, 0.717) is 0 Å². The largest absolute Gasteiger partial charge is 0.323 e. The Balaban J connectivity index is 1.30. The highest BCUT2D eigenvalue weighted by Gasteiger charge is 2.37. The monoisotopic (exact) mass is 535 g/mol. The van der Waals surface area contributed by atoms with Gasteiger partial charge in [-0.2, -0.15) is 0 Å². The van der Waals surface area contributed by atoms with E-state index in [1.54, 1.807) is 11.8 Å². The summed E-state index contributed by atoms with van der Waals surface area (Å²) in [6.45, 7) is 3.47. The zero-order chi connectivity index (χ0) is 25.8. The van der Waals surface area contributed by atoms with E-state index < -0.39 is 7.29 Å². The molecule has 2 heterocycles. The van der Waals surface area contributed by atoms with Gasteiger partial charge in [0, 0.05) is 32.6 Å². The molecule has 0 saturated carbocycles. The van der Waals surface area contributed by atoms with Crippen molar-refractivity contribution >= 4 is 28.9 Å². The molecule has 5 heteroatoms. The normalized spacial score (nSPS) is 18.1. The number of benzene rings is 4. The molecule has 0 bridgehead atoms. The Morgan fingerprint density at radius 2 is 1.00 bits per heavy atom. The molecule has 4 aromatic carbocycles. The predicted octanol–water partition coefficient (Wildman–Crippen LogP) is 7.00. The van der Waals surface area contributed by atoms with Gasteiger partial charge >= 0.3 is 0 Å². The second kappa shape index (κ2) is 11.3. The number of quaternary nitrogens is 1. The Bertz CT molecular complexity index is 1370. The summed E-state index contributed by atoms with van der Waals surface area (Å²) < 4.78 is 17.0. The molecule has 6 rings (SSSR count). The summed E-state index contributed by atoms with van der Waals surface area (Å²) >= 11 is 1.72. The molecular weight excluding hydrogens is 503 g/mol. The smallest absolute Gasteiger partial charge is 0.195 e. The first-order valence-corrected chi connectivity index (χ1v) is 15.8. The average molecular weight is 536 g/mol. The van der Waals surface area contributed by atoms with E-state index in [-0.39, 0.29) is 6.04 Å². The first-order valence-electron chi connectivity index (χ1n) is 13.2. The molecule has 1 N–H and O–H groups in total. The summed E-state index contributed by atoms with van der Waals surface area (Å²) in [6, 6.07) is 42.6. The lowest BCUT2D eigenvalue weighted by Gasteiger charge is -2.39. The lowest BCUT2D eigenvalue weighted by molar-refractivity contribution is -0.929. The molecule has 190 valence electrons. The van der Waals surface area contributed by atoms with Crippen LogP contribution in [0.1, 0.15) is 28.3 Å². The predicted molar refractivity (Wildman–Crippen MR) is 161 cm³/mol. The van der Waals surface area contributed by atoms with Gasteiger partial charge in [-0.05, 0) is 11.1 Å². The zero-order valence-corrected chi connectivity index (χ0v) is 23.0. The highest BCUT2D eigenvalue weighted by molar-refractivity contribution is 8.17. The van der Waals surface area contributed by atoms with Crippen LogP contribution in [0.5, 0.6) is 0 Å². The molecule has 0 aromatic heterocycles. The Hall–Kier alpha value is -3.14. The molecule has 4 aromatic rings. The minimum Gasteiger partial charge on any atom is -0.323 e. The van der Waals surface area contributed by atoms with Crippen molar-refractivity contribution in [3.8, 4) is 0 Å². The Morgan fingerprint density at radius 3 is 1.42 bits per heavy atom. The fourth-order valence-corrected chi connectivity index (χ4v) is 9.79. The standard InChI is InChI=1S/C33H31N2OPS/c36-37(25-31(27-13-5-1-6-14-27)38-32(26-37)28-15-7-2-8-16-28)35-23-21-34(22-24-35)33(29-17-9-3-10-18-29)30-19-11-4-12-20-30/h1-20,25-26,33H,21-24H2/p+1. The van der Waals surface area contributed by atoms with Crippen molar-refractivity contribution in [1.29, 1.82) is 0 Å². The molecule has 0 unspecified atom stereocenters. The fraction of sp³-hybridized carbons (Fsp3) is 0.152. The third-order valence-corrected chi connectivity index (χ3v) is 11.5. The van der Waals surface area contributed by atoms with Gasteiger partial charge < -0.3 is 4.90 Å². The number of nitrogens with zero attached hydrogens (tertiary/aromatic N) is 1. The van der Waals surface area contributed by atoms with Gasteiger partial charge in [0.05, 0.1) is 26.2 Å². The molecule has 0 amide bonds. The lowest BCUT2D eigenvalue weighted by atomic mass is 9.96. The maximum absolute atomic E-state index is 14.7. The minimum absolute atomic E-state index is 0.272. The van der Waals surface area contributed by atoms with E-state index in [0.717, 1.165) is 47.1 Å². The number of nitrogens with one attached hydrogen (secondary N) is 1. The third-order valence-electron chi connectivity index (χ3n) is 7.44. The van der Waals surface area contributed by atoms with Crippen LogP contribution in [0.15, 0.2) is 133 Å². The van der Waals surface area contributed by atoms with E-state index >= 15 is 0 Å². The Morgan fingerprint density at radius 1 is 0.605 bits per heavy atom. The molecule has 0 spiro atoms. The molecule has 0 radical (unpaired) electrons. The van der Waals surface area contributed by atoms with Gasteiger partial charge in [0.1, 0.15) is 6.04 Å². The van der Waals surface area contributed by atoms with E-state index in [9.17, 15) is 4.57 Å². The van der Waals surface area contributed by atoms with Crippen LogP contribution in [0.3, 0.4) is 0 Å².